The van der Waals surface area contributed by atoms with E-state index in [1.165, 1.54) is 11.0 Å². The predicted molar refractivity (Wildman–Crippen MR) is 90.5 cm³/mol. The normalized spacial score (nSPS) is 11.8. The Morgan fingerprint density at radius 2 is 1.88 bits per heavy atom. The second kappa shape index (κ2) is 8.70. The highest BCUT2D eigenvalue weighted by atomic mass is 16.4. The number of rotatable bonds is 8. The summed E-state index contributed by atoms with van der Waals surface area (Å²) in [7, 11) is 0. The molecule has 1 heterocycles. The van der Waals surface area contributed by atoms with Gasteiger partial charge in [-0.25, -0.2) is 9.48 Å². The van der Waals surface area contributed by atoms with E-state index < -0.39 is 23.8 Å². The van der Waals surface area contributed by atoms with Crippen molar-refractivity contribution >= 4 is 17.8 Å². The summed E-state index contributed by atoms with van der Waals surface area (Å²) in [4.78, 5) is 35.1. The van der Waals surface area contributed by atoms with E-state index in [9.17, 15) is 14.4 Å². The Morgan fingerprint density at radius 1 is 1.19 bits per heavy atom. The Labute approximate surface area is 149 Å². The molecule has 0 bridgehead atoms. The Kier molecular flexibility index (Phi) is 6.36. The van der Waals surface area contributed by atoms with Gasteiger partial charge in [-0.05, 0) is 47.0 Å². The first-order valence-corrected chi connectivity index (χ1v) is 8.00. The van der Waals surface area contributed by atoms with E-state index in [1.54, 1.807) is 24.3 Å². The van der Waals surface area contributed by atoms with E-state index in [-0.39, 0.29) is 12.5 Å². The summed E-state index contributed by atoms with van der Waals surface area (Å²) in [6.07, 6.45) is 1.74. The van der Waals surface area contributed by atoms with Crippen molar-refractivity contribution in [2.75, 3.05) is 6.54 Å². The van der Waals surface area contributed by atoms with Gasteiger partial charge in [0.25, 0.3) is 5.91 Å². The number of carboxylic acid groups (broad SMARTS) is 1. The zero-order valence-electron chi connectivity index (χ0n) is 14.4. The van der Waals surface area contributed by atoms with Gasteiger partial charge in [-0.2, -0.15) is 0 Å². The van der Waals surface area contributed by atoms with Crippen molar-refractivity contribution in [3.05, 3.63) is 36.2 Å². The number of hydrogen-bond acceptors (Lipinski definition) is 6. The highest BCUT2D eigenvalue weighted by molar-refractivity contribution is 5.97. The van der Waals surface area contributed by atoms with Gasteiger partial charge in [0.1, 0.15) is 12.4 Å². The number of carbonyl (C=O) groups excluding carboxylic acids is 2. The van der Waals surface area contributed by atoms with Crippen molar-refractivity contribution in [2.45, 2.75) is 26.3 Å². The molecule has 0 saturated heterocycles. The number of carboxylic acids is 1. The van der Waals surface area contributed by atoms with Crippen molar-refractivity contribution in [3.63, 3.8) is 0 Å². The first-order chi connectivity index (χ1) is 12.4. The molecule has 0 radical (unpaired) electrons. The molecule has 0 spiro atoms. The van der Waals surface area contributed by atoms with Gasteiger partial charge in [-0.1, -0.05) is 13.8 Å². The zero-order valence-corrected chi connectivity index (χ0v) is 14.4. The summed E-state index contributed by atoms with van der Waals surface area (Å²) in [5, 5.41) is 24.8. The van der Waals surface area contributed by atoms with Crippen LogP contribution in [0.2, 0.25) is 0 Å². The van der Waals surface area contributed by atoms with Crippen LogP contribution >= 0.6 is 0 Å². The van der Waals surface area contributed by atoms with Crippen molar-refractivity contribution < 1.29 is 19.5 Å². The molecule has 10 nitrogen and oxygen atoms in total. The summed E-state index contributed by atoms with van der Waals surface area (Å²) in [6, 6.07) is 5.49. The van der Waals surface area contributed by atoms with Crippen molar-refractivity contribution in [2.24, 2.45) is 5.92 Å². The third-order valence-corrected chi connectivity index (χ3v) is 3.49. The monoisotopic (exact) mass is 360 g/mol. The van der Waals surface area contributed by atoms with Gasteiger partial charge < -0.3 is 15.7 Å². The Hall–Kier alpha value is -3.30. The number of hydrogen-bond donors (Lipinski definition) is 3. The van der Waals surface area contributed by atoms with E-state index >= 15 is 0 Å². The average Bonchev–Trinajstić information content (AvgIpc) is 3.13. The van der Waals surface area contributed by atoms with Crippen LogP contribution in [0.15, 0.2) is 30.6 Å². The minimum absolute atomic E-state index is 0.115. The first kappa shape index (κ1) is 19.0. The number of amides is 2. The number of aromatic nitrogens is 4. The number of nitrogens with one attached hydrogen (secondary N) is 2. The molecule has 1 aromatic heterocycles. The molecule has 3 N–H and O–H groups in total. The lowest BCUT2D eigenvalue weighted by atomic mass is 10.0. The van der Waals surface area contributed by atoms with E-state index in [4.69, 9.17) is 5.11 Å². The van der Waals surface area contributed by atoms with E-state index in [1.807, 2.05) is 13.8 Å². The molecular weight excluding hydrogens is 340 g/mol. The second-order valence-electron chi connectivity index (χ2n) is 6.07. The molecule has 26 heavy (non-hydrogen) atoms. The number of nitrogens with zero attached hydrogens (tertiary/aromatic N) is 4. The van der Waals surface area contributed by atoms with E-state index in [2.05, 4.69) is 26.2 Å². The Bertz CT molecular complexity index is 758. The summed E-state index contributed by atoms with van der Waals surface area (Å²) < 4.78 is 1.44. The van der Waals surface area contributed by atoms with Gasteiger partial charge in [0, 0.05) is 5.56 Å². The molecule has 0 saturated carbocycles. The number of carbonyl (C=O) groups is 3. The topological polar surface area (TPSA) is 139 Å². The van der Waals surface area contributed by atoms with Gasteiger partial charge in [-0.3, -0.25) is 9.59 Å². The van der Waals surface area contributed by atoms with Crippen LogP contribution in [0.5, 0.6) is 0 Å². The van der Waals surface area contributed by atoms with Crippen LogP contribution in [0.3, 0.4) is 0 Å². The van der Waals surface area contributed by atoms with E-state index in [0.717, 1.165) is 0 Å². The van der Waals surface area contributed by atoms with Crippen LogP contribution in [-0.4, -0.2) is 55.7 Å². The SMILES string of the molecule is CC(C)C[C@H](NC(=O)CNC(=O)c1ccc(-n2cnnn2)cc1)C(=O)O. The van der Waals surface area contributed by atoms with Gasteiger partial charge in [0.2, 0.25) is 5.91 Å². The fraction of sp³-hybridized carbons (Fsp3) is 0.375. The third-order valence-electron chi connectivity index (χ3n) is 3.49. The molecular formula is C16H20N6O4. The quantitative estimate of drug-likeness (QED) is 0.602. The summed E-state index contributed by atoms with van der Waals surface area (Å²) in [5.41, 5.74) is 1.04. The van der Waals surface area contributed by atoms with Crippen LogP contribution < -0.4 is 10.6 Å². The molecule has 138 valence electrons. The lowest BCUT2D eigenvalue weighted by Crippen LogP contribution is -2.46. The smallest absolute Gasteiger partial charge is 0.326 e. The predicted octanol–water partition coefficient (Wildman–Crippen LogP) is 0.00760. The summed E-state index contributed by atoms with van der Waals surface area (Å²) in [6.45, 7) is 3.42. The fourth-order valence-electron chi connectivity index (χ4n) is 2.25. The lowest BCUT2D eigenvalue weighted by molar-refractivity contribution is -0.142. The molecule has 0 aliphatic heterocycles. The van der Waals surface area contributed by atoms with Crippen LogP contribution in [0.4, 0.5) is 0 Å². The Morgan fingerprint density at radius 3 is 2.42 bits per heavy atom. The highest BCUT2D eigenvalue weighted by Gasteiger charge is 2.21. The maximum Gasteiger partial charge on any atom is 0.326 e. The van der Waals surface area contributed by atoms with Crippen LogP contribution in [-0.2, 0) is 9.59 Å². The van der Waals surface area contributed by atoms with Crippen LogP contribution in [0.25, 0.3) is 5.69 Å². The first-order valence-electron chi connectivity index (χ1n) is 8.00. The van der Waals surface area contributed by atoms with Crippen molar-refractivity contribution in [1.29, 1.82) is 0 Å². The van der Waals surface area contributed by atoms with Gasteiger partial charge in [0.05, 0.1) is 12.2 Å². The number of tetrazole rings is 1. The fourth-order valence-corrected chi connectivity index (χ4v) is 2.25. The van der Waals surface area contributed by atoms with Gasteiger partial charge >= 0.3 is 5.97 Å². The number of aliphatic carboxylic acids is 1. The molecule has 2 rings (SSSR count). The summed E-state index contributed by atoms with van der Waals surface area (Å²) in [5.74, 6) is -1.99. The van der Waals surface area contributed by atoms with Crippen molar-refractivity contribution in [3.8, 4) is 5.69 Å². The minimum atomic E-state index is -1.10. The third kappa shape index (κ3) is 5.36. The second-order valence-corrected chi connectivity index (χ2v) is 6.07. The molecule has 0 aliphatic carbocycles. The minimum Gasteiger partial charge on any atom is -0.480 e. The molecule has 10 heteroatoms. The molecule has 1 aromatic carbocycles. The Balaban J connectivity index is 1.87. The van der Waals surface area contributed by atoms with Crippen molar-refractivity contribution in [1.82, 2.24) is 30.8 Å². The number of benzene rings is 1. The molecule has 0 unspecified atom stereocenters. The lowest BCUT2D eigenvalue weighted by Gasteiger charge is -2.16. The average molecular weight is 360 g/mol. The maximum absolute atomic E-state index is 12.1. The molecule has 2 amide bonds. The molecule has 0 aliphatic rings. The summed E-state index contributed by atoms with van der Waals surface area (Å²) >= 11 is 0. The molecule has 1 atom stereocenters. The van der Waals surface area contributed by atoms with E-state index in [0.29, 0.717) is 17.7 Å². The maximum atomic E-state index is 12.1. The van der Waals surface area contributed by atoms with Crippen LogP contribution in [0, 0.1) is 5.92 Å². The van der Waals surface area contributed by atoms with Gasteiger partial charge in [0.15, 0.2) is 0 Å². The largest absolute Gasteiger partial charge is 0.480 e. The van der Waals surface area contributed by atoms with Gasteiger partial charge in [-0.15, -0.1) is 5.10 Å². The van der Waals surface area contributed by atoms with Crippen LogP contribution in [0.1, 0.15) is 30.6 Å². The standard InChI is InChI=1S/C16H20N6O4/c1-10(2)7-13(16(25)26)19-14(23)8-17-15(24)11-3-5-12(6-4-11)22-9-18-20-21-22/h3-6,9-10,13H,7-8H2,1-2H3,(H,17,24)(H,19,23)(H,25,26)/t13-/m0/s1. The molecule has 2 aromatic rings. The highest BCUT2D eigenvalue weighted by Crippen LogP contribution is 2.08. The molecule has 0 fully saturated rings. The zero-order chi connectivity index (χ0) is 19.1.